The van der Waals surface area contributed by atoms with E-state index in [0.29, 0.717) is 0 Å². The van der Waals surface area contributed by atoms with Crippen molar-refractivity contribution in [2.75, 3.05) is 11.9 Å². The second-order valence-corrected chi connectivity index (χ2v) is 5.44. The molecular formula is C16H19NO2. The van der Waals surface area contributed by atoms with Gasteiger partial charge < -0.3 is 10.0 Å². The molecular weight excluding hydrogens is 238 g/mol. The van der Waals surface area contributed by atoms with Crippen LogP contribution in [0.4, 0.5) is 5.69 Å². The number of carboxylic acid groups (broad SMARTS) is 1. The van der Waals surface area contributed by atoms with Crippen LogP contribution in [0.2, 0.25) is 0 Å². The van der Waals surface area contributed by atoms with Crippen LogP contribution in [0.1, 0.15) is 20.3 Å². The second-order valence-electron chi connectivity index (χ2n) is 5.44. The van der Waals surface area contributed by atoms with E-state index in [1.807, 2.05) is 50.1 Å². The van der Waals surface area contributed by atoms with E-state index >= 15 is 0 Å². The Bertz CT molecular complexity index is 599. The van der Waals surface area contributed by atoms with Gasteiger partial charge in [0.05, 0.1) is 6.42 Å². The number of benzene rings is 2. The molecule has 0 heterocycles. The number of fused-ring (bicyclic) bond motifs is 1. The molecule has 0 aliphatic carbocycles. The lowest BCUT2D eigenvalue weighted by Gasteiger charge is -2.37. The van der Waals surface area contributed by atoms with Gasteiger partial charge in [-0.05, 0) is 25.3 Å². The predicted octanol–water partition coefficient (Wildman–Crippen LogP) is 3.53. The second kappa shape index (κ2) is 4.92. The molecule has 0 fully saturated rings. The zero-order chi connectivity index (χ0) is 14.0. The van der Waals surface area contributed by atoms with Crippen LogP contribution >= 0.6 is 0 Å². The summed E-state index contributed by atoms with van der Waals surface area (Å²) in [6, 6.07) is 14.3. The molecule has 2 aromatic rings. The highest BCUT2D eigenvalue weighted by atomic mass is 16.4. The third-order valence-corrected chi connectivity index (χ3v) is 3.62. The molecule has 0 bridgehead atoms. The van der Waals surface area contributed by atoms with Crippen LogP contribution in [-0.4, -0.2) is 23.7 Å². The lowest BCUT2D eigenvalue weighted by Crippen LogP contribution is -2.43. The third-order valence-electron chi connectivity index (χ3n) is 3.62. The molecule has 0 spiro atoms. The number of hydrogen-bond donors (Lipinski definition) is 1. The van der Waals surface area contributed by atoms with Crippen molar-refractivity contribution in [1.82, 2.24) is 0 Å². The van der Waals surface area contributed by atoms with E-state index < -0.39 is 11.5 Å². The Morgan fingerprint density at radius 1 is 1.16 bits per heavy atom. The van der Waals surface area contributed by atoms with Crippen LogP contribution in [0.3, 0.4) is 0 Å². The molecule has 0 radical (unpaired) electrons. The van der Waals surface area contributed by atoms with Crippen molar-refractivity contribution < 1.29 is 9.90 Å². The maximum absolute atomic E-state index is 11.0. The first-order chi connectivity index (χ1) is 8.92. The molecule has 100 valence electrons. The van der Waals surface area contributed by atoms with Crippen LogP contribution in [-0.2, 0) is 4.79 Å². The Hall–Kier alpha value is -2.03. The average molecular weight is 257 g/mol. The fourth-order valence-electron chi connectivity index (χ4n) is 2.32. The van der Waals surface area contributed by atoms with Crippen molar-refractivity contribution in [3.8, 4) is 0 Å². The molecule has 0 aliphatic rings. The van der Waals surface area contributed by atoms with Crippen molar-refractivity contribution in [3.63, 3.8) is 0 Å². The number of carboxylic acids is 1. The minimum absolute atomic E-state index is 0.104. The Morgan fingerprint density at radius 2 is 1.79 bits per heavy atom. The maximum Gasteiger partial charge on any atom is 0.305 e. The first-order valence-electron chi connectivity index (χ1n) is 6.35. The summed E-state index contributed by atoms with van der Waals surface area (Å²) in [5.74, 6) is -0.780. The number of anilines is 1. The predicted molar refractivity (Wildman–Crippen MR) is 78.7 cm³/mol. The maximum atomic E-state index is 11.0. The van der Waals surface area contributed by atoms with Crippen molar-refractivity contribution in [2.45, 2.75) is 25.8 Å². The summed E-state index contributed by atoms with van der Waals surface area (Å²) in [5.41, 5.74) is 0.625. The number of aliphatic carboxylic acids is 1. The van der Waals surface area contributed by atoms with Gasteiger partial charge in [0.2, 0.25) is 0 Å². The van der Waals surface area contributed by atoms with Crippen LogP contribution in [0.5, 0.6) is 0 Å². The van der Waals surface area contributed by atoms with Gasteiger partial charge in [-0.1, -0.05) is 36.4 Å². The summed E-state index contributed by atoms with van der Waals surface area (Å²) < 4.78 is 0. The number of nitrogens with zero attached hydrogens (tertiary/aromatic N) is 1. The summed E-state index contributed by atoms with van der Waals surface area (Å²) in [6.45, 7) is 3.89. The smallest absolute Gasteiger partial charge is 0.305 e. The van der Waals surface area contributed by atoms with Gasteiger partial charge in [0.25, 0.3) is 0 Å². The van der Waals surface area contributed by atoms with E-state index in [2.05, 4.69) is 18.2 Å². The van der Waals surface area contributed by atoms with Crippen molar-refractivity contribution in [3.05, 3.63) is 42.5 Å². The lowest BCUT2D eigenvalue weighted by molar-refractivity contribution is -0.138. The molecule has 19 heavy (non-hydrogen) atoms. The Labute approximate surface area is 113 Å². The van der Waals surface area contributed by atoms with E-state index in [-0.39, 0.29) is 6.42 Å². The molecule has 1 N–H and O–H groups in total. The molecule has 3 nitrogen and oxygen atoms in total. The Morgan fingerprint density at radius 3 is 2.47 bits per heavy atom. The SMILES string of the molecule is CN(c1cccc2ccccc12)C(C)(C)CC(=O)O. The summed E-state index contributed by atoms with van der Waals surface area (Å²) in [7, 11) is 1.95. The summed E-state index contributed by atoms with van der Waals surface area (Å²) in [5, 5.41) is 11.3. The highest BCUT2D eigenvalue weighted by Crippen LogP contribution is 2.31. The van der Waals surface area contributed by atoms with Gasteiger partial charge in [-0.15, -0.1) is 0 Å². The summed E-state index contributed by atoms with van der Waals surface area (Å²) >= 11 is 0. The topological polar surface area (TPSA) is 40.5 Å². The van der Waals surface area contributed by atoms with E-state index in [9.17, 15) is 4.79 Å². The standard InChI is InChI=1S/C16H19NO2/c1-16(2,11-15(18)19)17(3)14-10-6-8-12-7-4-5-9-13(12)14/h4-10H,11H2,1-3H3,(H,18,19). The van der Waals surface area contributed by atoms with E-state index in [1.165, 1.54) is 0 Å². The molecule has 0 unspecified atom stereocenters. The molecule has 0 saturated heterocycles. The molecule has 0 saturated carbocycles. The van der Waals surface area contributed by atoms with Crippen molar-refractivity contribution >= 4 is 22.4 Å². The van der Waals surface area contributed by atoms with Crippen LogP contribution in [0, 0.1) is 0 Å². The van der Waals surface area contributed by atoms with Gasteiger partial charge in [0, 0.05) is 23.7 Å². The minimum atomic E-state index is -0.780. The van der Waals surface area contributed by atoms with Crippen LogP contribution in [0.25, 0.3) is 10.8 Å². The zero-order valence-corrected chi connectivity index (χ0v) is 11.6. The van der Waals surface area contributed by atoms with E-state index in [0.717, 1.165) is 16.5 Å². The van der Waals surface area contributed by atoms with Gasteiger partial charge in [0.15, 0.2) is 0 Å². The van der Waals surface area contributed by atoms with Gasteiger partial charge >= 0.3 is 5.97 Å². The van der Waals surface area contributed by atoms with E-state index in [1.54, 1.807) is 0 Å². The van der Waals surface area contributed by atoms with Gasteiger partial charge in [-0.3, -0.25) is 4.79 Å². The fourth-order valence-corrected chi connectivity index (χ4v) is 2.32. The monoisotopic (exact) mass is 257 g/mol. The molecule has 2 rings (SSSR count). The molecule has 0 amide bonds. The zero-order valence-electron chi connectivity index (χ0n) is 11.6. The third kappa shape index (κ3) is 2.70. The lowest BCUT2D eigenvalue weighted by atomic mass is 9.96. The first kappa shape index (κ1) is 13.4. The van der Waals surface area contributed by atoms with Crippen molar-refractivity contribution in [1.29, 1.82) is 0 Å². The number of carbonyl (C=O) groups is 1. The average Bonchev–Trinajstić information content (AvgIpc) is 2.35. The van der Waals surface area contributed by atoms with E-state index in [4.69, 9.17) is 5.11 Å². The Balaban J connectivity index is 2.46. The van der Waals surface area contributed by atoms with Gasteiger partial charge in [-0.25, -0.2) is 0 Å². The largest absolute Gasteiger partial charge is 0.481 e. The minimum Gasteiger partial charge on any atom is -0.481 e. The normalized spacial score (nSPS) is 11.5. The molecule has 0 aromatic heterocycles. The van der Waals surface area contributed by atoms with Gasteiger partial charge in [-0.2, -0.15) is 0 Å². The number of rotatable bonds is 4. The molecule has 3 heteroatoms. The molecule has 0 atom stereocenters. The highest BCUT2D eigenvalue weighted by molar-refractivity contribution is 5.94. The van der Waals surface area contributed by atoms with Gasteiger partial charge in [0.1, 0.15) is 0 Å². The molecule has 2 aromatic carbocycles. The summed E-state index contributed by atoms with van der Waals surface area (Å²) in [4.78, 5) is 13.0. The van der Waals surface area contributed by atoms with Crippen molar-refractivity contribution in [2.24, 2.45) is 0 Å². The summed E-state index contributed by atoms with van der Waals surface area (Å²) in [6.07, 6.45) is 0.104. The van der Waals surface area contributed by atoms with Crippen LogP contribution < -0.4 is 4.90 Å². The van der Waals surface area contributed by atoms with Crippen LogP contribution in [0.15, 0.2) is 42.5 Å². The first-order valence-corrected chi connectivity index (χ1v) is 6.35. The number of hydrogen-bond acceptors (Lipinski definition) is 2. The molecule has 0 aliphatic heterocycles. The highest BCUT2D eigenvalue weighted by Gasteiger charge is 2.27. The Kier molecular flexibility index (Phi) is 3.47. The fraction of sp³-hybridized carbons (Fsp3) is 0.312. The quantitative estimate of drug-likeness (QED) is 0.911.